The number of hydrogen-bond donors (Lipinski definition) is 1. The fraction of sp³-hybridized carbons (Fsp3) is 0.316. The number of benzene rings is 2. The van der Waals surface area contributed by atoms with Crippen LogP contribution in [0.4, 0.5) is 5.69 Å². The van der Waals surface area contributed by atoms with Gasteiger partial charge in [0, 0.05) is 12.8 Å². The third kappa shape index (κ3) is 5.93. The second-order valence-electron chi connectivity index (χ2n) is 5.20. The summed E-state index contributed by atoms with van der Waals surface area (Å²) in [6, 6.07) is 14.9. The first kappa shape index (κ1) is 17.8. The zero-order valence-electron chi connectivity index (χ0n) is 14.1. The van der Waals surface area contributed by atoms with Crippen LogP contribution in [-0.4, -0.2) is 32.8 Å². The van der Waals surface area contributed by atoms with Crippen molar-refractivity contribution < 1.29 is 19.0 Å². The molecule has 0 radical (unpaired) electrons. The third-order valence-electron chi connectivity index (χ3n) is 3.40. The largest absolute Gasteiger partial charge is 0.491 e. The Labute approximate surface area is 142 Å². The highest BCUT2D eigenvalue weighted by atomic mass is 16.5. The van der Waals surface area contributed by atoms with Gasteiger partial charge in [-0.1, -0.05) is 19.1 Å². The zero-order valence-corrected chi connectivity index (χ0v) is 14.1. The van der Waals surface area contributed by atoms with Crippen LogP contribution in [0, 0.1) is 0 Å². The highest BCUT2D eigenvalue weighted by Crippen LogP contribution is 2.16. The first-order valence-corrected chi connectivity index (χ1v) is 7.94. The molecule has 0 spiro atoms. The molecule has 0 saturated carbocycles. The quantitative estimate of drug-likeness (QED) is 0.717. The number of amides is 1. The average Bonchev–Trinajstić information content (AvgIpc) is 2.62. The van der Waals surface area contributed by atoms with E-state index in [-0.39, 0.29) is 12.5 Å². The van der Waals surface area contributed by atoms with E-state index in [2.05, 4.69) is 12.2 Å². The van der Waals surface area contributed by atoms with E-state index in [4.69, 9.17) is 14.2 Å². The Morgan fingerprint density at radius 2 is 1.54 bits per heavy atom. The fourth-order valence-corrected chi connectivity index (χ4v) is 2.04. The van der Waals surface area contributed by atoms with E-state index in [1.54, 1.807) is 31.4 Å². The van der Waals surface area contributed by atoms with Gasteiger partial charge in [0.05, 0.1) is 6.61 Å². The number of ether oxygens (including phenoxy) is 3. The first-order valence-electron chi connectivity index (χ1n) is 7.94. The van der Waals surface area contributed by atoms with Crippen LogP contribution in [-0.2, 0) is 16.0 Å². The molecule has 128 valence electrons. The van der Waals surface area contributed by atoms with E-state index in [0.29, 0.717) is 24.7 Å². The zero-order chi connectivity index (χ0) is 17.2. The van der Waals surface area contributed by atoms with Crippen molar-refractivity contribution in [1.82, 2.24) is 0 Å². The molecule has 0 bridgehead atoms. The fourth-order valence-electron chi connectivity index (χ4n) is 2.04. The minimum Gasteiger partial charge on any atom is -0.491 e. The number of aryl methyl sites for hydroxylation is 1. The lowest BCUT2D eigenvalue weighted by atomic mass is 10.2. The van der Waals surface area contributed by atoms with Gasteiger partial charge in [0.25, 0.3) is 5.91 Å². The minimum absolute atomic E-state index is 0.0302. The van der Waals surface area contributed by atoms with Crippen molar-refractivity contribution in [2.24, 2.45) is 0 Å². The number of methoxy groups -OCH3 is 1. The van der Waals surface area contributed by atoms with Gasteiger partial charge in [-0.2, -0.15) is 0 Å². The summed E-state index contributed by atoms with van der Waals surface area (Å²) in [6.07, 6.45) is 0.978. The van der Waals surface area contributed by atoms with E-state index >= 15 is 0 Å². The third-order valence-corrected chi connectivity index (χ3v) is 3.40. The molecule has 2 rings (SSSR count). The second kappa shape index (κ2) is 9.57. The lowest BCUT2D eigenvalue weighted by Crippen LogP contribution is -2.20. The molecule has 5 nitrogen and oxygen atoms in total. The van der Waals surface area contributed by atoms with Gasteiger partial charge in [0.2, 0.25) is 0 Å². The molecule has 0 aliphatic heterocycles. The number of carbonyl (C=O) groups is 1. The van der Waals surface area contributed by atoms with Crippen LogP contribution in [0.3, 0.4) is 0 Å². The van der Waals surface area contributed by atoms with E-state index in [9.17, 15) is 4.79 Å². The molecule has 0 unspecified atom stereocenters. The van der Waals surface area contributed by atoms with Gasteiger partial charge < -0.3 is 19.5 Å². The lowest BCUT2D eigenvalue weighted by molar-refractivity contribution is -0.118. The van der Waals surface area contributed by atoms with Gasteiger partial charge in [-0.05, 0) is 48.4 Å². The van der Waals surface area contributed by atoms with Crippen molar-refractivity contribution in [2.75, 3.05) is 32.2 Å². The van der Waals surface area contributed by atoms with Crippen LogP contribution in [0.25, 0.3) is 0 Å². The van der Waals surface area contributed by atoms with Gasteiger partial charge in [-0.25, -0.2) is 0 Å². The van der Waals surface area contributed by atoms with Crippen LogP contribution in [0.2, 0.25) is 0 Å². The summed E-state index contributed by atoms with van der Waals surface area (Å²) in [5.41, 5.74) is 1.93. The molecule has 0 fully saturated rings. The molecule has 2 aromatic rings. The molecular weight excluding hydrogens is 306 g/mol. The van der Waals surface area contributed by atoms with Gasteiger partial charge >= 0.3 is 0 Å². The molecule has 5 heteroatoms. The Morgan fingerprint density at radius 1 is 0.917 bits per heavy atom. The Bertz CT molecular complexity index is 623. The number of anilines is 1. The molecule has 0 atom stereocenters. The maximum Gasteiger partial charge on any atom is 0.262 e. The molecule has 1 amide bonds. The smallest absolute Gasteiger partial charge is 0.262 e. The highest BCUT2D eigenvalue weighted by Gasteiger charge is 2.04. The topological polar surface area (TPSA) is 56.8 Å². The van der Waals surface area contributed by atoms with Gasteiger partial charge in [0.15, 0.2) is 6.61 Å². The van der Waals surface area contributed by atoms with Crippen molar-refractivity contribution in [2.45, 2.75) is 13.3 Å². The molecule has 1 N–H and O–H groups in total. The maximum atomic E-state index is 11.9. The summed E-state index contributed by atoms with van der Waals surface area (Å²) in [7, 11) is 1.63. The van der Waals surface area contributed by atoms with E-state index in [1.807, 2.05) is 24.3 Å². The number of nitrogens with one attached hydrogen (secondary N) is 1. The molecule has 0 aliphatic rings. The van der Waals surface area contributed by atoms with E-state index in [0.717, 1.165) is 12.2 Å². The Kier molecular flexibility index (Phi) is 7.11. The summed E-state index contributed by atoms with van der Waals surface area (Å²) in [5.74, 6) is 1.21. The highest BCUT2D eigenvalue weighted by molar-refractivity contribution is 5.91. The maximum absolute atomic E-state index is 11.9. The normalized spacial score (nSPS) is 10.2. The van der Waals surface area contributed by atoms with Crippen molar-refractivity contribution in [3.05, 3.63) is 54.1 Å². The van der Waals surface area contributed by atoms with Crippen LogP contribution >= 0.6 is 0 Å². The van der Waals surface area contributed by atoms with Crippen LogP contribution < -0.4 is 14.8 Å². The van der Waals surface area contributed by atoms with Crippen LogP contribution in [0.5, 0.6) is 11.5 Å². The molecule has 0 aromatic heterocycles. The van der Waals surface area contributed by atoms with Crippen molar-refractivity contribution in [3.8, 4) is 11.5 Å². The average molecular weight is 329 g/mol. The number of rotatable bonds is 9. The molecule has 0 aliphatic carbocycles. The Morgan fingerprint density at radius 3 is 2.17 bits per heavy atom. The standard InChI is InChI=1S/C19H23NO4/c1-3-15-4-8-18(9-5-15)24-14-19(21)20-16-6-10-17(11-7-16)23-13-12-22-2/h4-11H,3,12-14H2,1-2H3,(H,20,21). The van der Waals surface area contributed by atoms with Crippen molar-refractivity contribution in [3.63, 3.8) is 0 Å². The van der Waals surface area contributed by atoms with Crippen molar-refractivity contribution >= 4 is 11.6 Å². The molecule has 2 aromatic carbocycles. The summed E-state index contributed by atoms with van der Waals surface area (Å²) in [6.45, 7) is 3.09. The van der Waals surface area contributed by atoms with Gasteiger partial charge in [0.1, 0.15) is 18.1 Å². The predicted molar refractivity (Wildman–Crippen MR) is 93.8 cm³/mol. The number of hydrogen-bond acceptors (Lipinski definition) is 4. The monoisotopic (exact) mass is 329 g/mol. The summed E-state index contributed by atoms with van der Waals surface area (Å²) < 4.78 is 15.9. The molecule has 0 heterocycles. The summed E-state index contributed by atoms with van der Waals surface area (Å²) in [4.78, 5) is 11.9. The predicted octanol–water partition coefficient (Wildman–Crippen LogP) is 3.29. The van der Waals surface area contributed by atoms with Crippen LogP contribution in [0.15, 0.2) is 48.5 Å². The molecule has 24 heavy (non-hydrogen) atoms. The SMILES string of the molecule is CCc1ccc(OCC(=O)Nc2ccc(OCCOC)cc2)cc1. The van der Waals surface area contributed by atoms with E-state index in [1.165, 1.54) is 5.56 Å². The van der Waals surface area contributed by atoms with Crippen molar-refractivity contribution in [1.29, 1.82) is 0 Å². The first-order chi connectivity index (χ1) is 11.7. The van der Waals surface area contributed by atoms with E-state index < -0.39 is 0 Å². The lowest BCUT2D eigenvalue weighted by Gasteiger charge is -2.09. The number of carbonyl (C=O) groups excluding carboxylic acids is 1. The molecular formula is C19H23NO4. The Balaban J connectivity index is 1.76. The van der Waals surface area contributed by atoms with Gasteiger partial charge in [-0.3, -0.25) is 4.79 Å². The summed E-state index contributed by atoms with van der Waals surface area (Å²) in [5, 5.41) is 2.79. The Hall–Kier alpha value is -2.53. The second-order valence-corrected chi connectivity index (χ2v) is 5.20. The minimum atomic E-state index is -0.206. The molecule has 0 saturated heterocycles. The van der Waals surface area contributed by atoms with Crippen LogP contribution in [0.1, 0.15) is 12.5 Å². The summed E-state index contributed by atoms with van der Waals surface area (Å²) >= 11 is 0. The van der Waals surface area contributed by atoms with Gasteiger partial charge in [-0.15, -0.1) is 0 Å².